The zero-order valence-corrected chi connectivity index (χ0v) is 11.2. The summed E-state index contributed by atoms with van der Waals surface area (Å²) in [7, 11) is 0. The highest BCUT2D eigenvalue weighted by atomic mass is 32.2. The zero-order chi connectivity index (χ0) is 12.7. The molecule has 1 aromatic rings. The number of amides is 1. The van der Waals surface area contributed by atoms with Gasteiger partial charge < -0.3 is 11.1 Å². The van der Waals surface area contributed by atoms with Gasteiger partial charge in [0.1, 0.15) is 6.54 Å². The Morgan fingerprint density at radius 2 is 2.47 bits per heavy atom. The molecule has 0 aliphatic rings. The van der Waals surface area contributed by atoms with Crippen LogP contribution in [0.1, 0.15) is 20.3 Å². The van der Waals surface area contributed by atoms with Gasteiger partial charge in [-0.2, -0.15) is 16.9 Å². The van der Waals surface area contributed by atoms with E-state index in [2.05, 4.69) is 17.3 Å². The van der Waals surface area contributed by atoms with E-state index in [0.717, 1.165) is 17.9 Å². The van der Waals surface area contributed by atoms with Crippen LogP contribution in [0.25, 0.3) is 0 Å². The Balaban J connectivity index is 2.24. The van der Waals surface area contributed by atoms with Gasteiger partial charge in [-0.25, -0.2) is 0 Å². The largest absolute Gasteiger partial charge is 0.396 e. The van der Waals surface area contributed by atoms with Gasteiger partial charge in [0.25, 0.3) is 0 Å². The molecule has 0 fully saturated rings. The molecule has 0 aliphatic carbocycles. The van der Waals surface area contributed by atoms with Gasteiger partial charge in [-0.05, 0) is 24.9 Å². The fraction of sp³-hybridized carbons (Fsp3) is 0.636. The number of thioether (sulfide) groups is 1. The minimum absolute atomic E-state index is 0.0258. The molecule has 5 nitrogen and oxygen atoms in total. The summed E-state index contributed by atoms with van der Waals surface area (Å²) in [6.45, 7) is 4.38. The number of nitrogen functional groups attached to an aromatic ring is 1. The molecule has 96 valence electrons. The molecule has 6 heteroatoms. The average molecular weight is 256 g/mol. The minimum Gasteiger partial charge on any atom is -0.396 e. The van der Waals surface area contributed by atoms with E-state index in [1.807, 2.05) is 18.7 Å². The van der Waals surface area contributed by atoms with Gasteiger partial charge in [-0.3, -0.25) is 9.48 Å². The quantitative estimate of drug-likeness (QED) is 0.717. The monoisotopic (exact) mass is 256 g/mol. The maximum absolute atomic E-state index is 11.6. The molecule has 1 aromatic heterocycles. The topological polar surface area (TPSA) is 72.9 Å². The first-order chi connectivity index (χ1) is 8.11. The Morgan fingerprint density at radius 3 is 3.06 bits per heavy atom. The lowest BCUT2D eigenvalue weighted by Gasteiger charge is -2.13. The molecule has 1 amide bonds. The molecule has 1 unspecified atom stereocenters. The molecule has 0 radical (unpaired) electrons. The Kier molecular flexibility index (Phi) is 5.90. The summed E-state index contributed by atoms with van der Waals surface area (Å²) in [5.74, 6) is 2.17. The molecule has 0 aromatic carbocycles. The van der Waals surface area contributed by atoms with Crippen molar-refractivity contribution >= 4 is 23.4 Å². The highest BCUT2D eigenvalue weighted by Crippen LogP contribution is 2.04. The summed E-state index contributed by atoms with van der Waals surface area (Å²) >= 11 is 1.89. The molecule has 0 aliphatic heterocycles. The van der Waals surface area contributed by atoms with Gasteiger partial charge in [0.05, 0.1) is 11.9 Å². The number of nitrogens with one attached hydrogen (secondary N) is 1. The molecule has 17 heavy (non-hydrogen) atoms. The van der Waals surface area contributed by atoms with Gasteiger partial charge >= 0.3 is 0 Å². The SMILES string of the molecule is CCSCCC(C)NC(=O)Cn1cc(N)cn1. The third-order valence-electron chi connectivity index (χ3n) is 2.27. The van der Waals surface area contributed by atoms with E-state index in [4.69, 9.17) is 5.73 Å². The molecule has 1 atom stereocenters. The third-order valence-corrected chi connectivity index (χ3v) is 3.20. The Hall–Kier alpha value is -1.17. The van der Waals surface area contributed by atoms with Crippen LogP contribution in [0.4, 0.5) is 5.69 Å². The van der Waals surface area contributed by atoms with Crippen LogP contribution in [0.3, 0.4) is 0 Å². The summed E-state index contributed by atoms with van der Waals surface area (Å²) in [5.41, 5.74) is 6.09. The zero-order valence-electron chi connectivity index (χ0n) is 10.3. The van der Waals surface area contributed by atoms with Gasteiger partial charge in [0.2, 0.25) is 5.91 Å². The molecule has 1 heterocycles. The van der Waals surface area contributed by atoms with E-state index in [9.17, 15) is 4.79 Å². The first kappa shape index (κ1) is 13.9. The van der Waals surface area contributed by atoms with Crippen LogP contribution >= 0.6 is 11.8 Å². The van der Waals surface area contributed by atoms with Crippen LogP contribution < -0.4 is 11.1 Å². The Morgan fingerprint density at radius 1 is 1.71 bits per heavy atom. The van der Waals surface area contributed by atoms with Crippen LogP contribution in [-0.2, 0) is 11.3 Å². The Labute approximate surface area is 106 Å². The van der Waals surface area contributed by atoms with E-state index >= 15 is 0 Å². The van der Waals surface area contributed by atoms with Crippen molar-refractivity contribution in [2.24, 2.45) is 0 Å². The number of anilines is 1. The summed E-state index contributed by atoms with van der Waals surface area (Å²) in [5, 5.41) is 6.91. The van der Waals surface area contributed by atoms with E-state index in [1.165, 1.54) is 10.9 Å². The van der Waals surface area contributed by atoms with Crippen LogP contribution in [0.2, 0.25) is 0 Å². The van der Waals surface area contributed by atoms with E-state index in [1.54, 1.807) is 6.20 Å². The standard InChI is InChI=1S/C11H20N4OS/c1-3-17-5-4-9(2)14-11(16)8-15-7-10(12)6-13-15/h6-7,9H,3-5,8,12H2,1-2H3,(H,14,16). The van der Waals surface area contributed by atoms with Crippen molar-refractivity contribution in [1.82, 2.24) is 15.1 Å². The van der Waals surface area contributed by atoms with E-state index < -0.39 is 0 Å². The second-order valence-corrected chi connectivity index (χ2v) is 5.32. The molecule has 0 saturated carbocycles. The number of rotatable bonds is 7. The summed E-state index contributed by atoms with van der Waals surface area (Å²) in [6.07, 6.45) is 4.18. The number of hydrogen-bond acceptors (Lipinski definition) is 4. The summed E-state index contributed by atoms with van der Waals surface area (Å²) < 4.78 is 1.54. The van der Waals surface area contributed by atoms with Crippen LogP contribution in [-0.4, -0.2) is 33.2 Å². The maximum atomic E-state index is 11.6. The van der Waals surface area contributed by atoms with Crippen LogP contribution in [0, 0.1) is 0 Å². The number of carbonyl (C=O) groups excluding carboxylic acids is 1. The minimum atomic E-state index is -0.0258. The summed E-state index contributed by atoms with van der Waals surface area (Å²) in [6, 6.07) is 0.203. The van der Waals surface area contributed by atoms with E-state index in [0.29, 0.717) is 5.69 Å². The normalized spacial score (nSPS) is 12.4. The molecule has 0 spiro atoms. The van der Waals surface area contributed by atoms with Crippen molar-refractivity contribution in [3.05, 3.63) is 12.4 Å². The lowest BCUT2D eigenvalue weighted by molar-refractivity contribution is -0.122. The molecular weight excluding hydrogens is 236 g/mol. The highest BCUT2D eigenvalue weighted by molar-refractivity contribution is 7.99. The first-order valence-electron chi connectivity index (χ1n) is 5.77. The number of nitrogens with zero attached hydrogens (tertiary/aromatic N) is 2. The number of nitrogens with two attached hydrogens (primary N) is 1. The summed E-state index contributed by atoms with van der Waals surface area (Å²) in [4.78, 5) is 11.6. The van der Waals surface area contributed by atoms with Crippen molar-refractivity contribution in [3.8, 4) is 0 Å². The fourth-order valence-electron chi connectivity index (χ4n) is 1.41. The fourth-order valence-corrected chi connectivity index (χ4v) is 2.22. The van der Waals surface area contributed by atoms with Crippen LogP contribution in [0.15, 0.2) is 12.4 Å². The van der Waals surface area contributed by atoms with Crippen molar-refractivity contribution in [3.63, 3.8) is 0 Å². The van der Waals surface area contributed by atoms with Crippen molar-refractivity contribution in [1.29, 1.82) is 0 Å². The van der Waals surface area contributed by atoms with Gasteiger partial charge in [-0.1, -0.05) is 6.92 Å². The van der Waals surface area contributed by atoms with Gasteiger partial charge in [0.15, 0.2) is 0 Å². The lowest BCUT2D eigenvalue weighted by Crippen LogP contribution is -2.35. The van der Waals surface area contributed by atoms with Gasteiger partial charge in [-0.15, -0.1) is 0 Å². The highest BCUT2D eigenvalue weighted by Gasteiger charge is 2.08. The average Bonchev–Trinajstić information content (AvgIpc) is 2.64. The molecule has 0 bridgehead atoms. The van der Waals surface area contributed by atoms with Crippen molar-refractivity contribution in [2.75, 3.05) is 17.2 Å². The Bertz CT molecular complexity index is 353. The number of hydrogen-bond donors (Lipinski definition) is 2. The second-order valence-electron chi connectivity index (χ2n) is 3.93. The molecule has 3 N–H and O–H groups in total. The first-order valence-corrected chi connectivity index (χ1v) is 6.92. The van der Waals surface area contributed by atoms with E-state index in [-0.39, 0.29) is 18.5 Å². The lowest BCUT2D eigenvalue weighted by atomic mass is 10.2. The molecule has 0 saturated heterocycles. The van der Waals surface area contributed by atoms with Crippen molar-refractivity contribution in [2.45, 2.75) is 32.9 Å². The number of carbonyl (C=O) groups is 1. The van der Waals surface area contributed by atoms with Crippen molar-refractivity contribution < 1.29 is 4.79 Å². The third kappa shape index (κ3) is 5.63. The van der Waals surface area contributed by atoms with Crippen LogP contribution in [0.5, 0.6) is 0 Å². The molecule has 1 rings (SSSR count). The maximum Gasteiger partial charge on any atom is 0.241 e. The second kappa shape index (κ2) is 7.21. The number of aromatic nitrogens is 2. The molecular formula is C11H20N4OS. The predicted octanol–water partition coefficient (Wildman–Crippen LogP) is 1.11. The van der Waals surface area contributed by atoms with Gasteiger partial charge in [0, 0.05) is 12.2 Å². The predicted molar refractivity (Wildman–Crippen MR) is 71.9 cm³/mol. The smallest absolute Gasteiger partial charge is 0.241 e.